The minimum atomic E-state index is 0.00157. The second-order valence-electron chi connectivity index (χ2n) is 6.07. The number of carbonyl (C=O) groups is 1. The molecule has 1 aromatic carbocycles. The number of hydrogen-bond acceptors (Lipinski definition) is 4. The lowest BCUT2D eigenvalue weighted by Crippen LogP contribution is -2.24. The van der Waals surface area contributed by atoms with Gasteiger partial charge in [-0.05, 0) is 25.3 Å². The molecular weight excluding hydrogens is 320 g/mol. The van der Waals surface area contributed by atoms with Crippen molar-refractivity contribution in [1.82, 2.24) is 20.1 Å². The largest absolute Gasteiger partial charge is 0.351 e. The molecule has 1 heterocycles. The number of benzene rings is 1. The summed E-state index contributed by atoms with van der Waals surface area (Å²) < 4.78 is 2.07. The number of aryl methyl sites for hydroxylation is 1. The predicted octanol–water partition coefficient (Wildman–Crippen LogP) is 3.06. The molecule has 5 nitrogen and oxygen atoms in total. The molecule has 0 spiro atoms. The standard InChI is InChI=1S/C18H22N4OS/c1-3-10-22-17(15-8-9-15)20-21-18(22)24-12-16(23)19-11-14-6-4-13(2)5-7-14/h3-7,15H,1,8-12H2,2H3,(H,19,23). The highest BCUT2D eigenvalue weighted by Gasteiger charge is 2.30. The molecule has 0 aliphatic heterocycles. The second kappa shape index (κ2) is 7.66. The first kappa shape index (κ1) is 16.8. The highest BCUT2D eigenvalue weighted by Crippen LogP contribution is 2.40. The van der Waals surface area contributed by atoms with Crippen LogP contribution in [0.1, 0.15) is 35.7 Å². The van der Waals surface area contributed by atoms with Crippen molar-refractivity contribution in [3.05, 3.63) is 53.9 Å². The molecule has 1 N–H and O–H groups in total. The van der Waals surface area contributed by atoms with Gasteiger partial charge in [-0.2, -0.15) is 0 Å². The molecule has 24 heavy (non-hydrogen) atoms. The van der Waals surface area contributed by atoms with Crippen LogP contribution in [0.2, 0.25) is 0 Å². The number of aromatic nitrogens is 3. The molecule has 0 unspecified atom stereocenters. The van der Waals surface area contributed by atoms with Crippen LogP contribution in [-0.2, 0) is 17.9 Å². The Morgan fingerprint density at radius 3 is 2.79 bits per heavy atom. The third-order valence-corrected chi connectivity index (χ3v) is 4.91. The summed E-state index contributed by atoms with van der Waals surface area (Å²) in [6.07, 6.45) is 4.20. The third-order valence-electron chi connectivity index (χ3n) is 3.94. The highest BCUT2D eigenvalue weighted by atomic mass is 32.2. The lowest BCUT2D eigenvalue weighted by Gasteiger charge is -2.08. The maximum Gasteiger partial charge on any atom is 0.230 e. The zero-order valence-electron chi connectivity index (χ0n) is 13.9. The van der Waals surface area contributed by atoms with Gasteiger partial charge in [0, 0.05) is 19.0 Å². The van der Waals surface area contributed by atoms with E-state index >= 15 is 0 Å². The quantitative estimate of drug-likeness (QED) is 0.592. The Balaban J connectivity index is 1.52. The monoisotopic (exact) mass is 342 g/mol. The predicted molar refractivity (Wildman–Crippen MR) is 95.9 cm³/mol. The van der Waals surface area contributed by atoms with Crippen LogP contribution < -0.4 is 5.32 Å². The highest BCUT2D eigenvalue weighted by molar-refractivity contribution is 7.99. The first-order valence-electron chi connectivity index (χ1n) is 8.16. The maximum absolute atomic E-state index is 12.1. The molecule has 3 rings (SSSR count). The summed E-state index contributed by atoms with van der Waals surface area (Å²) in [5.74, 6) is 1.90. The zero-order chi connectivity index (χ0) is 16.9. The number of carbonyl (C=O) groups excluding carboxylic acids is 1. The van der Waals surface area contributed by atoms with E-state index in [0.717, 1.165) is 16.5 Å². The fourth-order valence-electron chi connectivity index (χ4n) is 2.44. The van der Waals surface area contributed by atoms with Gasteiger partial charge in [0.15, 0.2) is 5.16 Å². The van der Waals surface area contributed by atoms with Crippen LogP contribution in [0.5, 0.6) is 0 Å². The summed E-state index contributed by atoms with van der Waals surface area (Å²) in [4.78, 5) is 12.1. The van der Waals surface area contributed by atoms with Gasteiger partial charge in [-0.3, -0.25) is 4.79 Å². The van der Waals surface area contributed by atoms with E-state index in [9.17, 15) is 4.79 Å². The van der Waals surface area contributed by atoms with Gasteiger partial charge in [-0.25, -0.2) is 0 Å². The first-order chi connectivity index (χ1) is 11.7. The van der Waals surface area contributed by atoms with Crippen molar-refractivity contribution in [3.63, 3.8) is 0 Å². The van der Waals surface area contributed by atoms with Gasteiger partial charge in [0.2, 0.25) is 5.91 Å². The summed E-state index contributed by atoms with van der Waals surface area (Å²) in [6, 6.07) is 8.16. The molecule has 0 saturated heterocycles. The number of allylic oxidation sites excluding steroid dienone is 1. The normalized spacial score (nSPS) is 13.7. The van der Waals surface area contributed by atoms with Crippen molar-refractivity contribution in [2.24, 2.45) is 0 Å². The van der Waals surface area contributed by atoms with E-state index in [1.807, 2.05) is 37.3 Å². The molecular formula is C18H22N4OS. The number of nitrogens with zero attached hydrogens (tertiary/aromatic N) is 3. The van der Waals surface area contributed by atoms with Crippen LogP contribution in [0.3, 0.4) is 0 Å². The van der Waals surface area contributed by atoms with Gasteiger partial charge in [-0.1, -0.05) is 47.7 Å². The SMILES string of the molecule is C=CCn1c(SCC(=O)NCc2ccc(C)cc2)nnc1C1CC1. The van der Waals surface area contributed by atoms with Gasteiger partial charge >= 0.3 is 0 Å². The lowest BCUT2D eigenvalue weighted by atomic mass is 10.1. The van der Waals surface area contributed by atoms with Crippen molar-refractivity contribution in [2.75, 3.05) is 5.75 Å². The molecule has 1 saturated carbocycles. The molecule has 1 aliphatic rings. The van der Waals surface area contributed by atoms with Crippen molar-refractivity contribution >= 4 is 17.7 Å². The van der Waals surface area contributed by atoms with Crippen LogP contribution in [0, 0.1) is 6.92 Å². The Morgan fingerprint density at radius 2 is 2.12 bits per heavy atom. The average molecular weight is 342 g/mol. The molecule has 0 atom stereocenters. The molecule has 0 bridgehead atoms. The fourth-order valence-corrected chi connectivity index (χ4v) is 3.22. The van der Waals surface area contributed by atoms with Gasteiger partial charge in [0.1, 0.15) is 5.82 Å². The van der Waals surface area contributed by atoms with Gasteiger partial charge in [0.05, 0.1) is 5.75 Å². The van der Waals surface area contributed by atoms with Crippen LogP contribution in [0.4, 0.5) is 0 Å². The molecule has 1 amide bonds. The van der Waals surface area contributed by atoms with Crippen LogP contribution in [-0.4, -0.2) is 26.4 Å². The summed E-state index contributed by atoms with van der Waals surface area (Å²) in [5, 5.41) is 12.3. The van der Waals surface area contributed by atoms with E-state index in [0.29, 0.717) is 24.8 Å². The van der Waals surface area contributed by atoms with Crippen LogP contribution >= 0.6 is 11.8 Å². The average Bonchev–Trinajstić information content (AvgIpc) is 3.35. The molecule has 1 aromatic heterocycles. The number of thioether (sulfide) groups is 1. The Kier molecular flexibility index (Phi) is 5.35. The van der Waals surface area contributed by atoms with E-state index in [2.05, 4.69) is 26.7 Å². The third kappa shape index (κ3) is 4.26. The number of nitrogens with one attached hydrogen (secondary N) is 1. The van der Waals surface area contributed by atoms with Gasteiger partial charge < -0.3 is 9.88 Å². The molecule has 1 aliphatic carbocycles. The van der Waals surface area contributed by atoms with Crippen LogP contribution in [0.25, 0.3) is 0 Å². The number of hydrogen-bond donors (Lipinski definition) is 1. The Bertz CT molecular complexity index is 719. The first-order valence-corrected chi connectivity index (χ1v) is 9.15. The van der Waals surface area contributed by atoms with E-state index in [1.54, 1.807) is 0 Å². The fraction of sp³-hybridized carbons (Fsp3) is 0.389. The lowest BCUT2D eigenvalue weighted by molar-refractivity contribution is -0.118. The molecule has 0 radical (unpaired) electrons. The van der Waals surface area contributed by atoms with Crippen LogP contribution in [0.15, 0.2) is 42.1 Å². The van der Waals surface area contributed by atoms with E-state index < -0.39 is 0 Å². The van der Waals surface area contributed by atoms with Crippen molar-refractivity contribution in [1.29, 1.82) is 0 Å². The van der Waals surface area contributed by atoms with Crippen molar-refractivity contribution in [3.8, 4) is 0 Å². The molecule has 6 heteroatoms. The number of rotatable bonds is 8. The zero-order valence-corrected chi connectivity index (χ0v) is 14.7. The molecule has 126 valence electrons. The van der Waals surface area contributed by atoms with E-state index in [4.69, 9.17) is 0 Å². The maximum atomic E-state index is 12.1. The molecule has 1 fully saturated rings. The minimum absolute atomic E-state index is 0.00157. The van der Waals surface area contributed by atoms with Crippen molar-refractivity contribution < 1.29 is 4.79 Å². The summed E-state index contributed by atoms with van der Waals surface area (Å²) in [6.45, 7) is 7.08. The minimum Gasteiger partial charge on any atom is -0.351 e. The van der Waals surface area contributed by atoms with E-state index in [-0.39, 0.29) is 5.91 Å². The van der Waals surface area contributed by atoms with Gasteiger partial charge in [-0.15, -0.1) is 16.8 Å². The Hall–Kier alpha value is -2.08. The molecule has 2 aromatic rings. The number of amides is 1. The topological polar surface area (TPSA) is 59.8 Å². The summed E-state index contributed by atoms with van der Waals surface area (Å²) in [7, 11) is 0. The van der Waals surface area contributed by atoms with Gasteiger partial charge in [0.25, 0.3) is 0 Å². The Labute approximate surface area is 146 Å². The smallest absolute Gasteiger partial charge is 0.230 e. The van der Waals surface area contributed by atoms with Crippen molar-refractivity contribution in [2.45, 2.75) is 43.9 Å². The summed E-state index contributed by atoms with van der Waals surface area (Å²) in [5.41, 5.74) is 2.32. The van der Waals surface area contributed by atoms with E-state index in [1.165, 1.54) is 30.2 Å². The second-order valence-corrected chi connectivity index (χ2v) is 7.01. The summed E-state index contributed by atoms with van der Waals surface area (Å²) >= 11 is 1.43. The Morgan fingerprint density at radius 1 is 1.38 bits per heavy atom.